The van der Waals surface area contributed by atoms with Crippen LogP contribution in [-0.4, -0.2) is 40.2 Å². The van der Waals surface area contributed by atoms with Crippen molar-refractivity contribution in [2.75, 3.05) is 12.4 Å². The lowest BCUT2D eigenvalue weighted by atomic mass is 9.85. The minimum absolute atomic E-state index is 0.0583. The molecule has 0 bridgehead atoms. The highest BCUT2D eigenvalue weighted by molar-refractivity contribution is 6.33. The Bertz CT molecular complexity index is 1010. The molecular weight excluding hydrogens is 406 g/mol. The van der Waals surface area contributed by atoms with Gasteiger partial charge in [0.25, 0.3) is 0 Å². The molecule has 0 unspecified atom stereocenters. The Labute approximate surface area is 178 Å². The van der Waals surface area contributed by atoms with Gasteiger partial charge in [-0.3, -0.25) is 14.6 Å². The average molecular weight is 430 g/mol. The summed E-state index contributed by atoms with van der Waals surface area (Å²) in [6.45, 7) is 0. The van der Waals surface area contributed by atoms with Crippen LogP contribution in [0.15, 0.2) is 40.5 Å². The number of rotatable bonds is 6. The van der Waals surface area contributed by atoms with Gasteiger partial charge in [0, 0.05) is 49.3 Å². The van der Waals surface area contributed by atoms with Gasteiger partial charge in [-0.25, -0.2) is 9.97 Å². The number of aromatic nitrogens is 3. The van der Waals surface area contributed by atoms with E-state index in [4.69, 9.17) is 17.3 Å². The minimum atomic E-state index is -0.249. The Hall–Kier alpha value is -3.20. The second-order valence-electron chi connectivity index (χ2n) is 6.99. The number of nitrogens with zero attached hydrogens (tertiary/aromatic N) is 3. The van der Waals surface area contributed by atoms with E-state index in [1.165, 1.54) is 30.9 Å². The number of carbonyl (C=O) groups is 1. The van der Waals surface area contributed by atoms with Crippen molar-refractivity contribution in [3.63, 3.8) is 0 Å². The van der Waals surface area contributed by atoms with Crippen LogP contribution in [0.1, 0.15) is 31.4 Å². The van der Waals surface area contributed by atoms with Gasteiger partial charge < -0.3 is 21.4 Å². The van der Waals surface area contributed by atoms with Crippen LogP contribution in [0.3, 0.4) is 0 Å². The summed E-state index contributed by atoms with van der Waals surface area (Å²) in [4.78, 5) is 38.7. The van der Waals surface area contributed by atoms with E-state index in [1.807, 2.05) is 0 Å². The van der Waals surface area contributed by atoms with E-state index >= 15 is 0 Å². The number of amides is 1. The first-order chi connectivity index (χ1) is 14.5. The summed E-state index contributed by atoms with van der Waals surface area (Å²) in [5.74, 6) is 0.584. The third-order valence-corrected chi connectivity index (χ3v) is 5.26. The van der Waals surface area contributed by atoms with Gasteiger partial charge in [0.1, 0.15) is 0 Å². The molecule has 0 aromatic carbocycles. The van der Waals surface area contributed by atoms with Crippen LogP contribution >= 0.6 is 11.6 Å². The van der Waals surface area contributed by atoms with Crippen molar-refractivity contribution < 1.29 is 4.79 Å². The molecule has 2 aromatic rings. The zero-order chi connectivity index (χ0) is 21.5. The van der Waals surface area contributed by atoms with Crippen molar-refractivity contribution in [2.24, 2.45) is 16.6 Å². The maximum absolute atomic E-state index is 11.8. The molecule has 2 heterocycles. The number of carbonyl (C=O) groups excluding carboxylic acids is 1. The summed E-state index contributed by atoms with van der Waals surface area (Å²) < 4.78 is 0. The standard InChI is InChI=1S/C20H24ClN7O2/c1-23-19(30)12-2-4-14(5-3-12)27-20-26-11-16(21)18(28-20)13(9-22)10-25-15-6-7-24-17(29)8-15/h6-12,14H,2-5,22H2,1H3,(H,23,30)(H,24,29)(H,26,27,28)/b13-9+,25-10?. The molecule has 0 atom stereocenters. The molecule has 1 saturated carbocycles. The molecule has 0 spiro atoms. The van der Waals surface area contributed by atoms with Gasteiger partial charge in [0.2, 0.25) is 17.4 Å². The van der Waals surface area contributed by atoms with Gasteiger partial charge in [0.05, 0.1) is 22.6 Å². The molecule has 1 aliphatic carbocycles. The number of anilines is 1. The van der Waals surface area contributed by atoms with Gasteiger partial charge in [-0.05, 0) is 31.7 Å². The average Bonchev–Trinajstić information content (AvgIpc) is 2.76. The predicted octanol–water partition coefficient (Wildman–Crippen LogP) is 2.24. The Morgan fingerprint density at radius 2 is 2.13 bits per heavy atom. The molecular formula is C20H24ClN7O2. The van der Waals surface area contributed by atoms with Crippen LogP contribution < -0.4 is 21.9 Å². The highest BCUT2D eigenvalue weighted by atomic mass is 35.5. The van der Waals surface area contributed by atoms with Crippen molar-refractivity contribution in [1.82, 2.24) is 20.3 Å². The molecule has 30 heavy (non-hydrogen) atoms. The van der Waals surface area contributed by atoms with E-state index in [-0.39, 0.29) is 23.4 Å². The summed E-state index contributed by atoms with van der Waals surface area (Å²) >= 11 is 6.28. The fourth-order valence-electron chi connectivity index (χ4n) is 3.37. The summed E-state index contributed by atoms with van der Waals surface area (Å²) in [7, 11) is 1.66. The monoisotopic (exact) mass is 429 g/mol. The quantitative estimate of drug-likeness (QED) is 0.519. The molecule has 0 aliphatic heterocycles. The molecule has 1 amide bonds. The van der Waals surface area contributed by atoms with E-state index in [0.29, 0.717) is 27.9 Å². The Kier molecular flexibility index (Phi) is 7.18. The maximum atomic E-state index is 11.8. The summed E-state index contributed by atoms with van der Waals surface area (Å²) in [5, 5.41) is 6.36. The van der Waals surface area contributed by atoms with Gasteiger partial charge in [-0.15, -0.1) is 0 Å². The van der Waals surface area contributed by atoms with E-state index in [2.05, 4.69) is 30.6 Å². The molecule has 2 aromatic heterocycles. The second-order valence-corrected chi connectivity index (χ2v) is 7.40. The molecule has 0 radical (unpaired) electrons. The van der Waals surface area contributed by atoms with E-state index in [1.54, 1.807) is 13.1 Å². The largest absolute Gasteiger partial charge is 0.404 e. The second kappa shape index (κ2) is 10.0. The molecule has 9 nitrogen and oxygen atoms in total. The smallest absolute Gasteiger partial charge is 0.250 e. The van der Waals surface area contributed by atoms with Gasteiger partial charge in [-0.2, -0.15) is 0 Å². The number of hydrogen-bond donors (Lipinski definition) is 4. The summed E-state index contributed by atoms with van der Waals surface area (Å²) in [6, 6.07) is 3.21. The van der Waals surface area contributed by atoms with Crippen LogP contribution in [0.5, 0.6) is 0 Å². The van der Waals surface area contributed by atoms with Crippen LogP contribution in [0.4, 0.5) is 11.6 Å². The zero-order valence-corrected chi connectivity index (χ0v) is 17.3. The lowest BCUT2D eigenvalue weighted by molar-refractivity contribution is -0.125. The third kappa shape index (κ3) is 5.44. The number of nitrogens with one attached hydrogen (secondary N) is 3. The fourth-order valence-corrected chi connectivity index (χ4v) is 3.57. The molecule has 158 valence electrons. The SMILES string of the molecule is CNC(=O)C1CCC(Nc2ncc(Cl)c(/C(C=Nc3cc[nH]c(=O)c3)=C/N)n2)CC1. The van der Waals surface area contributed by atoms with Crippen molar-refractivity contribution >= 4 is 40.9 Å². The third-order valence-electron chi connectivity index (χ3n) is 4.99. The lowest BCUT2D eigenvalue weighted by Gasteiger charge is -2.28. The first-order valence-corrected chi connectivity index (χ1v) is 10.0. The molecule has 10 heteroatoms. The molecule has 3 rings (SSSR count). The van der Waals surface area contributed by atoms with Crippen LogP contribution in [0.2, 0.25) is 5.02 Å². The number of hydrogen-bond acceptors (Lipinski definition) is 7. The number of allylic oxidation sites excluding steroid dienone is 1. The number of aromatic amines is 1. The van der Waals surface area contributed by atoms with Crippen molar-refractivity contribution in [1.29, 1.82) is 0 Å². The van der Waals surface area contributed by atoms with Crippen molar-refractivity contribution in [3.8, 4) is 0 Å². The number of H-pyrrole nitrogens is 1. The normalized spacial score (nSPS) is 19.6. The number of halogens is 1. The van der Waals surface area contributed by atoms with Gasteiger partial charge in [0.15, 0.2) is 0 Å². The summed E-state index contributed by atoms with van der Waals surface area (Å²) in [5.41, 5.74) is 6.92. The molecule has 5 N–H and O–H groups in total. The first-order valence-electron chi connectivity index (χ1n) is 9.66. The number of pyridine rings is 1. The fraction of sp³-hybridized carbons (Fsp3) is 0.350. The van der Waals surface area contributed by atoms with E-state index in [0.717, 1.165) is 25.7 Å². The molecule has 0 saturated heterocycles. The Morgan fingerprint density at radius 1 is 1.37 bits per heavy atom. The molecule has 1 aliphatic rings. The Balaban J connectivity index is 1.71. The number of aliphatic imine (C=N–C) groups is 1. The van der Waals surface area contributed by atoms with Crippen LogP contribution in [0.25, 0.3) is 5.57 Å². The van der Waals surface area contributed by atoms with Crippen molar-refractivity contribution in [3.05, 3.63) is 51.8 Å². The maximum Gasteiger partial charge on any atom is 0.250 e. The van der Waals surface area contributed by atoms with E-state index < -0.39 is 0 Å². The topological polar surface area (TPSA) is 138 Å². The molecule has 1 fully saturated rings. The predicted molar refractivity (Wildman–Crippen MR) is 118 cm³/mol. The lowest BCUT2D eigenvalue weighted by Crippen LogP contribution is -2.34. The highest BCUT2D eigenvalue weighted by Gasteiger charge is 2.26. The van der Waals surface area contributed by atoms with Gasteiger partial charge in [-0.1, -0.05) is 11.6 Å². The summed E-state index contributed by atoms with van der Waals surface area (Å²) in [6.07, 6.45) is 9.20. The Morgan fingerprint density at radius 3 is 2.80 bits per heavy atom. The highest BCUT2D eigenvalue weighted by Crippen LogP contribution is 2.27. The van der Waals surface area contributed by atoms with Crippen molar-refractivity contribution in [2.45, 2.75) is 31.7 Å². The minimum Gasteiger partial charge on any atom is -0.404 e. The van der Waals surface area contributed by atoms with Crippen LogP contribution in [-0.2, 0) is 4.79 Å². The first kappa shape index (κ1) is 21.5. The van der Waals surface area contributed by atoms with Gasteiger partial charge >= 0.3 is 0 Å². The zero-order valence-electron chi connectivity index (χ0n) is 16.6. The van der Waals surface area contributed by atoms with Crippen LogP contribution in [0, 0.1) is 5.92 Å². The van der Waals surface area contributed by atoms with E-state index in [9.17, 15) is 9.59 Å². The number of nitrogens with two attached hydrogens (primary N) is 1.